The molecule has 0 bridgehead atoms. The van der Waals surface area contributed by atoms with Crippen molar-refractivity contribution in [3.05, 3.63) is 57.2 Å². The minimum Gasteiger partial charge on any atom is -0.506 e. The lowest BCUT2D eigenvalue weighted by Gasteiger charge is -2.21. The maximum Gasteiger partial charge on any atom is 0.268 e. The number of carbonyl (C=O) groups is 1. The summed E-state index contributed by atoms with van der Waals surface area (Å²) >= 11 is 1.40. The molecule has 0 atom stereocenters. The van der Waals surface area contributed by atoms with Gasteiger partial charge in [0.25, 0.3) is 11.5 Å². The Balaban J connectivity index is 2.26. The first-order valence-electron chi connectivity index (χ1n) is 8.31. The van der Waals surface area contributed by atoms with Gasteiger partial charge in [-0.3, -0.25) is 9.59 Å². The molecule has 0 unspecified atom stereocenters. The van der Waals surface area contributed by atoms with Crippen molar-refractivity contribution < 1.29 is 9.90 Å². The molecular formula is C20H22N2O3S. The van der Waals surface area contributed by atoms with Crippen molar-refractivity contribution >= 4 is 33.1 Å². The molecule has 3 aromatic rings. The fourth-order valence-electron chi connectivity index (χ4n) is 2.99. The first-order valence-corrected chi connectivity index (χ1v) is 9.19. The van der Waals surface area contributed by atoms with Crippen molar-refractivity contribution in [2.24, 2.45) is 7.05 Å². The second-order valence-electron chi connectivity index (χ2n) is 7.37. The standard InChI is InChI=1S/C20H22N2O3S/c1-20(2,3)13-11-26-19-14(13)16(23)15(18(25)22(19)5)17(24)21(4)12-9-7-6-8-10-12/h6-11,23H,1-5H3. The number of hydrogen-bond donors (Lipinski definition) is 1. The van der Waals surface area contributed by atoms with Crippen LogP contribution in [0.4, 0.5) is 5.69 Å². The molecule has 0 radical (unpaired) electrons. The zero-order valence-corrected chi connectivity index (χ0v) is 16.3. The maximum absolute atomic E-state index is 13.0. The van der Waals surface area contributed by atoms with E-state index in [9.17, 15) is 14.7 Å². The number of para-hydroxylation sites is 1. The zero-order valence-electron chi connectivity index (χ0n) is 15.5. The predicted octanol–water partition coefficient (Wildman–Crippen LogP) is 3.88. The van der Waals surface area contributed by atoms with Crippen LogP contribution in [-0.2, 0) is 12.5 Å². The second-order valence-corrected chi connectivity index (χ2v) is 8.23. The number of thiophene rings is 1. The minimum atomic E-state index is -0.526. The summed E-state index contributed by atoms with van der Waals surface area (Å²) in [5, 5.41) is 13.4. The molecule has 2 aromatic heterocycles. The van der Waals surface area contributed by atoms with E-state index >= 15 is 0 Å². The smallest absolute Gasteiger partial charge is 0.268 e. The molecule has 3 rings (SSSR count). The van der Waals surface area contributed by atoms with Gasteiger partial charge in [-0.1, -0.05) is 39.0 Å². The summed E-state index contributed by atoms with van der Waals surface area (Å²) in [4.78, 5) is 27.9. The Morgan fingerprint density at radius 1 is 1.19 bits per heavy atom. The van der Waals surface area contributed by atoms with Gasteiger partial charge in [-0.2, -0.15) is 0 Å². The number of anilines is 1. The number of aryl methyl sites for hydroxylation is 1. The fraction of sp³-hybridized carbons (Fsp3) is 0.300. The van der Waals surface area contributed by atoms with Crippen molar-refractivity contribution in [1.82, 2.24) is 4.57 Å². The Morgan fingerprint density at radius 3 is 2.38 bits per heavy atom. The Labute approximate surface area is 156 Å². The summed E-state index contributed by atoms with van der Waals surface area (Å²) in [6, 6.07) is 9.05. The third-order valence-corrected chi connectivity index (χ3v) is 5.59. The highest BCUT2D eigenvalue weighted by atomic mass is 32.1. The Morgan fingerprint density at radius 2 is 1.81 bits per heavy atom. The van der Waals surface area contributed by atoms with E-state index in [0.717, 1.165) is 5.56 Å². The van der Waals surface area contributed by atoms with Crippen molar-refractivity contribution in [2.45, 2.75) is 26.2 Å². The lowest BCUT2D eigenvalue weighted by atomic mass is 9.86. The van der Waals surface area contributed by atoms with E-state index in [4.69, 9.17) is 0 Å². The monoisotopic (exact) mass is 370 g/mol. The number of hydrogen-bond acceptors (Lipinski definition) is 4. The first kappa shape index (κ1) is 18.2. The SMILES string of the molecule is CN(C(=O)c1c(O)c2c(C(C)(C)C)csc2n(C)c1=O)c1ccccc1. The molecule has 0 saturated carbocycles. The molecule has 5 nitrogen and oxygen atoms in total. The Bertz CT molecular complexity index is 1040. The van der Waals surface area contributed by atoms with E-state index < -0.39 is 11.5 Å². The van der Waals surface area contributed by atoms with Crippen LogP contribution in [0.5, 0.6) is 5.75 Å². The molecule has 0 fully saturated rings. The largest absolute Gasteiger partial charge is 0.506 e. The number of rotatable bonds is 2. The van der Waals surface area contributed by atoms with Gasteiger partial charge >= 0.3 is 0 Å². The van der Waals surface area contributed by atoms with Crippen LogP contribution in [0.1, 0.15) is 36.7 Å². The Hall–Kier alpha value is -2.60. The molecule has 0 aliphatic heterocycles. The number of fused-ring (bicyclic) bond motifs is 1. The molecule has 26 heavy (non-hydrogen) atoms. The normalized spacial score (nSPS) is 11.7. The summed E-state index contributed by atoms with van der Waals surface area (Å²) in [6.07, 6.45) is 0. The second kappa shape index (κ2) is 6.29. The average Bonchev–Trinajstić information content (AvgIpc) is 3.06. The van der Waals surface area contributed by atoms with Crippen LogP contribution in [0, 0.1) is 0 Å². The molecule has 0 saturated heterocycles. The highest BCUT2D eigenvalue weighted by Gasteiger charge is 2.29. The van der Waals surface area contributed by atoms with Gasteiger partial charge < -0.3 is 14.6 Å². The van der Waals surface area contributed by atoms with Gasteiger partial charge in [0.1, 0.15) is 16.1 Å². The quantitative estimate of drug-likeness (QED) is 0.745. The van der Waals surface area contributed by atoms with Gasteiger partial charge in [-0.15, -0.1) is 11.3 Å². The lowest BCUT2D eigenvalue weighted by molar-refractivity contribution is 0.0988. The van der Waals surface area contributed by atoms with E-state index in [-0.39, 0.29) is 16.7 Å². The molecule has 6 heteroatoms. The van der Waals surface area contributed by atoms with Crippen molar-refractivity contribution in [3.8, 4) is 5.75 Å². The number of pyridine rings is 1. The maximum atomic E-state index is 13.0. The molecule has 136 valence electrons. The molecule has 1 N–H and O–H groups in total. The number of aromatic nitrogens is 1. The highest BCUT2D eigenvalue weighted by molar-refractivity contribution is 7.17. The summed E-state index contributed by atoms with van der Waals surface area (Å²) in [5.74, 6) is -0.760. The van der Waals surface area contributed by atoms with Gasteiger partial charge in [0, 0.05) is 19.8 Å². The van der Waals surface area contributed by atoms with Crippen LogP contribution in [0.2, 0.25) is 0 Å². The highest BCUT2D eigenvalue weighted by Crippen LogP contribution is 2.40. The average molecular weight is 370 g/mol. The lowest BCUT2D eigenvalue weighted by Crippen LogP contribution is -2.34. The summed E-state index contributed by atoms with van der Waals surface area (Å²) in [5.41, 5.74) is 0.654. The number of carbonyl (C=O) groups excluding carboxylic acids is 1. The third kappa shape index (κ3) is 2.80. The summed E-state index contributed by atoms with van der Waals surface area (Å²) in [6.45, 7) is 6.11. The number of benzene rings is 1. The van der Waals surface area contributed by atoms with Crippen molar-refractivity contribution in [3.63, 3.8) is 0 Å². The molecule has 2 heterocycles. The zero-order chi connectivity index (χ0) is 19.2. The molecule has 0 aliphatic carbocycles. The summed E-state index contributed by atoms with van der Waals surface area (Å²) < 4.78 is 1.45. The van der Waals surface area contributed by atoms with Crippen LogP contribution >= 0.6 is 11.3 Å². The van der Waals surface area contributed by atoms with Gasteiger partial charge in [0.15, 0.2) is 0 Å². The molecular weight excluding hydrogens is 348 g/mol. The summed E-state index contributed by atoms with van der Waals surface area (Å²) in [7, 11) is 3.23. The first-order chi connectivity index (χ1) is 12.1. The molecule has 0 spiro atoms. The Kier molecular flexibility index (Phi) is 4.40. The van der Waals surface area contributed by atoms with Crippen LogP contribution in [0.25, 0.3) is 10.2 Å². The van der Waals surface area contributed by atoms with Gasteiger partial charge in [-0.05, 0) is 28.5 Å². The van der Waals surface area contributed by atoms with E-state index in [0.29, 0.717) is 15.9 Å². The van der Waals surface area contributed by atoms with Gasteiger partial charge in [0.2, 0.25) is 0 Å². The van der Waals surface area contributed by atoms with Crippen LogP contribution in [-0.4, -0.2) is 22.6 Å². The van der Waals surface area contributed by atoms with Crippen LogP contribution in [0.15, 0.2) is 40.5 Å². The van der Waals surface area contributed by atoms with Crippen molar-refractivity contribution in [1.29, 1.82) is 0 Å². The molecule has 1 aromatic carbocycles. The minimum absolute atomic E-state index is 0.199. The predicted molar refractivity (Wildman–Crippen MR) is 107 cm³/mol. The number of nitrogens with zero attached hydrogens (tertiary/aromatic N) is 2. The molecule has 0 aliphatic rings. The van der Waals surface area contributed by atoms with Gasteiger partial charge in [-0.25, -0.2) is 0 Å². The number of aromatic hydroxyl groups is 1. The molecule has 1 amide bonds. The topological polar surface area (TPSA) is 62.5 Å². The van der Waals surface area contributed by atoms with E-state index in [1.165, 1.54) is 20.8 Å². The fourth-order valence-corrected chi connectivity index (χ4v) is 4.26. The van der Waals surface area contributed by atoms with Crippen LogP contribution in [0.3, 0.4) is 0 Å². The van der Waals surface area contributed by atoms with Gasteiger partial charge in [0.05, 0.1) is 5.39 Å². The van der Waals surface area contributed by atoms with E-state index in [1.54, 1.807) is 26.2 Å². The van der Waals surface area contributed by atoms with Crippen molar-refractivity contribution in [2.75, 3.05) is 11.9 Å². The third-order valence-electron chi connectivity index (χ3n) is 4.54. The van der Waals surface area contributed by atoms with Crippen LogP contribution < -0.4 is 10.5 Å². The van der Waals surface area contributed by atoms with E-state index in [2.05, 4.69) is 0 Å². The number of amides is 1. The van der Waals surface area contributed by atoms with E-state index in [1.807, 2.05) is 44.4 Å².